The molecular formula is C23H22ClN3O. The van der Waals surface area contributed by atoms with E-state index in [1.165, 1.54) is 5.56 Å². The van der Waals surface area contributed by atoms with Gasteiger partial charge in [0.2, 0.25) is 0 Å². The fourth-order valence-electron chi connectivity index (χ4n) is 2.76. The van der Waals surface area contributed by atoms with Gasteiger partial charge in [-0.25, -0.2) is 5.43 Å². The van der Waals surface area contributed by atoms with Gasteiger partial charge in [0.15, 0.2) is 0 Å². The van der Waals surface area contributed by atoms with Crippen LogP contribution in [0.15, 0.2) is 77.9 Å². The van der Waals surface area contributed by atoms with Gasteiger partial charge in [0.1, 0.15) is 0 Å². The number of benzene rings is 3. The van der Waals surface area contributed by atoms with Crippen LogP contribution in [0, 0.1) is 6.92 Å². The second kappa shape index (κ2) is 9.20. The molecule has 3 aromatic rings. The maximum absolute atomic E-state index is 12.1. The average molecular weight is 392 g/mol. The van der Waals surface area contributed by atoms with E-state index in [0.29, 0.717) is 5.02 Å². The summed E-state index contributed by atoms with van der Waals surface area (Å²) in [6, 6.07) is 23.8. The smallest absolute Gasteiger partial charge is 0.259 e. The van der Waals surface area contributed by atoms with Crippen LogP contribution in [-0.2, 0) is 4.79 Å². The number of amides is 1. The number of nitrogens with zero attached hydrogens (tertiary/aromatic N) is 1. The zero-order valence-corrected chi connectivity index (χ0v) is 16.6. The summed E-state index contributed by atoms with van der Waals surface area (Å²) in [5.74, 6) is -0.223. The molecule has 0 saturated heterocycles. The van der Waals surface area contributed by atoms with E-state index < -0.39 is 0 Å². The van der Waals surface area contributed by atoms with Crippen LogP contribution in [0.5, 0.6) is 0 Å². The lowest BCUT2D eigenvalue weighted by molar-refractivity contribution is -0.119. The van der Waals surface area contributed by atoms with Crippen molar-refractivity contribution in [2.24, 2.45) is 5.10 Å². The van der Waals surface area contributed by atoms with Crippen molar-refractivity contribution in [2.45, 2.75) is 13.8 Å². The summed E-state index contributed by atoms with van der Waals surface area (Å²) in [7, 11) is 0. The molecule has 0 unspecified atom stereocenters. The highest BCUT2D eigenvalue weighted by atomic mass is 35.5. The van der Waals surface area contributed by atoms with E-state index in [1.807, 2.05) is 62.4 Å². The number of nitrogens with one attached hydrogen (secondary N) is 2. The maximum Gasteiger partial charge on any atom is 0.259 e. The number of hydrogen-bond donors (Lipinski definition) is 2. The Kier molecular flexibility index (Phi) is 6.45. The van der Waals surface area contributed by atoms with E-state index in [2.05, 4.69) is 40.1 Å². The van der Waals surface area contributed by atoms with Gasteiger partial charge in [0.25, 0.3) is 5.91 Å². The van der Waals surface area contributed by atoms with E-state index >= 15 is 0 Å². The Hall–Kier alpha value is -3.11. The molecule has 0 atom stereocenters. The third kappa shape index (κ3) is 4.99. The first kappa shape index (κ1) is 19.6. The SMILES string of the molecule is CC(=NNC(=O)CNc1cccc(Cl)c1C)c1ccc(-c2ccccc2)cc1. The number of hydrogen-bond acceptors (Lipinski definition) is 3. The Balaban J connectivity index is 1.57. The van der Waals surface area contributed by atoms with Gasteiger partial charge in [-0.2, -0.15) is 5.10 Å². The molecule has 0 aliphatic heterocycles. The van der Waals surface area contributed by atoms with Crippen molar-refractivity contribution in [3.63, 3.8) is 0 Å². The minimum Gasteiger partial charge on any atom is -0.376 e. The van der Waals surface area contributed by atoms with Gasteiger partial charge < -0.3 is 5.32 Å². The van der Waals surface area contributed by atoms with Crippen LogP contribution in [0.1, 0.15) is 18.1 Å². The zero-order chi connectivity index (χ0) is 19.9. The highest BCUT2D eigenvalue weighted by Gasteiger charge is 2.05. The Morgan fingerprint density at radius 1 is 0.929 bits per heavy atom. The Bertz CT molecular complexity index is 982. The molecule has 0 radical (unpaired) electrons. The first-order valence-electron chi connectivity index (χ1n) is 9.02. The second-order valence-electron chi connectivity index (χ2n) is 6.44. The predicted molar refractivity (Wildman–Crippen MR) is 117 cm³/mol. The Morgan fingerprint density at radius 3 is 2.32 bits per heavy atom. The lowest BCUT2D eigenvalue weighted by Gasteiger charge is -2.10. The molecule has 0 heterocycles. The van der Waals surface area contributed by atoms with Crippen LogP contribution >= 0.6 is 11.6 Å². The highest BCUT2D eigenvalue weighted by Crippen LogP contribution is 2.22. The van der Waals surface area contributed by atoms with Crippen LogP contribution in [0.4, 0.5) is 5.69 Å². The van der Waals surface area contributed by atoms with Crippen LogP contribution in [0.2, 0.25) is 5.02 Å². The summed E-state index contributed by atoms with van der Waals surface area (Å²) in [5.41, 5.74) is 8.34. The number of anilines is 1. The van der Waals surface area contributed by atoms with Gasteiger partial charge >= 0.3 is 0 Å². The van der Waals surface area contributed by atoms with Crippen molar-refractivity contribution in [1.29, 1.82) is 0 Å². The molecule has 28 heavy (non-hydrogen) atoms. The highest BCUT2D eigenvalue weighted by molar-refractivity contribution is 6.31. The number of carbonyl (C=O) groups is 1. The summed E-state index contributed by atoms with van der Waals surface area (Å²) in [5, 5.41) is 7.94. The fourth-order valence-corrected chi connectivity index (χ4v) is 2.93. The first-order chi connectivity index (χ1) is 13.5. The topological polar surface area (TPSA) is 53.5 Å². The molecule has 5 heteroatoms. The molecule has 0 saturated carbocycles. The summed E-state index contributed by atoms with van der Waals surface area (Å²) >= 11 is 6.09. The summed E-state index contributed by atoms with van der Waals surface area (Å²) < 4.78 is 0. The largest absolute Gasteiger partial charge is 0.376 e. The van der Waals surface area contributed by atoms with Gasteiger partial charge in [-0.1, -0.05) is 72.3 Å². The van der Waals surface area contributed by atoms with Crippen LogP contribution in [-0.4, -0.2) is 18.2 Å². The minimum atomic E-state index is -0.223. The molecule has 4 nitrogen and oxygen atoms in total. The molecule has 0 aromatic heterocycles. The van der Waals surface area contributed by atoms with Gasteiger partial charge in [0, 0.05) is 10.7 Å². The van der Waals surface area contributed by atoms with E-state index in [1.54, 1.807) is 0 Å². The lowest BCUT2D eigenvalue weighted by Crippen LogP contribution is -2.27. The van der Waals surface area contributed by atoms with Crippen LogP contribution in [0.3, 0.4) is 0 Å². The van der Waals surface area contributed by atoms with Gasteiger partial charge in [-0.3, -0.25) is 4.79 Å². The molecular weight excluding hydrogens is 370 g/mol. The quantitative estimate of drug-likeness (QED) is 0.444. The molecule has 0 bridgehead atoms. The Labute approximate surface area is 170 Å². The van der Waals surface area contributed by atoms with Gasteiger partial charge in [-0.05, 0) is 48.2 Å². The van der Waals surface area contributed by atoms with Crippen molar-refractivity contribution in [2.75, 3.05) is 11.9 Å². The molecule has 0 fully saturated rings. The summed E-state index contributed by atoms with van der Waals surface area (Å²) in [6.07, 6.45) is 0. The number of halogens is 1. The normalized spacial score (nSPS) is 11.2. The van der Waals surface area contributed by atoms with Crippen molar-refractivity contribution in [3.05, 3.63) is 88.9 Å². The third-order valence-electron chi connectivity index (χ3n) is 4.47. The molecule has 3 aromatic carbocycles. The number of rotatable bonds is 6. The number of hydrazone groups is 1. The molecule has 0 spiro atoms. The maximum atomic E-state index is 12.1. The average Bonchev–Trinajstić information content (AvgIpc) is 2.74. The predicted octanol–water partition coefficient (Wildman–Crippen LogP) is 5.27. The molecule has 2 N–H and O–H groups in total. The minimum absolute atomic E-state index is 0.116. The van der Waals surface area contributed by atoms with E-state index in [9.17, 15) is 4.79 Å². The number of carbonyl (C=O) groups excluding carboxylic acids is 1. The van der Waals surface area contributed by atoms with Gasteiger partial charge in [-0.15, -0.1) is 0 Å². The molecule has 0 aliphatic rings. The third-order valence-corrected chi connectivity index (χ3v) is 4.87. The second-order valence-corrected chi connectivity index (χ2v) is 6.85. The lowest BCUT2D eigenvalue weighted by atomic mass is 10.0. The van der Waals surface area contributed by atoms with Gasteiger partial charge in [0.05, 0.1) is 12.3 Å². The van der Waals surface area contributed by atoms with E-state index in [-0.39, 0.29) is 12.5 Å². The molecule has 142 valence electrons. The van der Waals surface area contributed by atoms with E-state index in [4.69, 9.17) is 11.6 Å². The zero-order valence-electron chi connectivity index (χ0n) is 15.9. The van der Waals surface area contributed by atoms with Crippen molar-refractivity contribution >= 4 is 28.9 Å². The molecule has 0 aliphatic carbocycles. The summed E-state index contributed by atoms with van der Waals surface area (Å²) in [4.78, 5) is 12.1. The van der Waals surface area contributed by atoms with Crippen molar-refractivity contribution < 1.29 is 4.79 Å². The molecule has 1 amide bonds. The van der Waals surface area contributed by atoms with E-state index in [0.717, 1.165) is 28.1 Å². The van der Waals surface area contributed by atoms with Crippen LogP contribution in [0.25, 0.3) is 11.1 Å². The Morgan fingerprint density at radius 2 is 1.61 bits per heavy atom. The standard InChI is InChI=1S/C23H22ClN3O/c1-16-21(24)9-6-10-22(16)25-15-23(28)27-26-17(2)18-11-13-20(14-12-18)19-7-4-3-5-8-19/h3-14,25H,15H2,1-2H3,(H,27,28). The van der Waals surface area contributed by atoms with Crippen molar-refractivity contribution in [1.82, 2.24) is 5.43 Å². The van der Waals surface area contributed by atoms with Crippen molar-refractivity contribution in [3.8, 4) is 11.1 Å². The molecule has 3 rings (SSSR count). The first-order valence-corrected chi connectivity index (χ1v) is 9.40. The fraction of sp³-hybridized carbons (Fsp3) is 0.130. The van der Waals surface area contributed by atoms with Crippen LogP contribution < -0.4 is 10.7 Å². The monoisotopic (exact) mass is 391 g/mol. The summed E-state index contributed by atoms with van der Waals surface area (Å²) in [6.45, 7) is 3.89.